The Morgan fingerprint density at radius 3 is 2.89 bits per heavy atom. The van der Waals surface area contributed by atoms with Crippen molar-refractivity contribution in [3.63, 3.8) is 0 Å². The van der Waals surface area contributed by atoms with E-state index in [2.05, 4.69) is 31.2 Å². The topological polar surface area (TPSA) is 74.6 Å². The minimum absolute atomic E-state index is 0.447. The number of hydrogen-bond acceptors (Lipinski definition) is 5. The first-order chi connectivity index (χ1) is 9.35. The molecule has 19 heavy (non-hydrogen) atoms. The Hall–Kier alpha value is -1.34. The van der Waals surface area contributed by atoms with Crippen LogP contribution >= 0.6 is 11.8 Å². The summed E-state index contributed by atoms with van der Waals surface area (Å²) < 4.78 is 4.21. The van der Waals surface area contributed by atoms with E-state index in [0.29, 0.717) is 6.54 Å². The third-order valence-electron chi connectivity index (χ3n) is 2.77. The van der Waals surface area contributed by atoms with Crippen LogP contribution in [0.1, 0.15) is 25.6 Å². The van der Waals surface area contributed by atoms with Gasteiger partial charge in [0.15, 0.2) is 5.16 Å². The van der Waals surface area contributed by atoms with Gasteiger partial charge in [-0.25, -0.2) is 4.98 Å². The molecule has 2 rings (SSSR count). The van der Waals surface area contributed by atoms with Crippen LogP contribution in [-0.2, 0) is 19.6 Å². The molecule has 2 aromatic heterocycles. The van der Waals surface area contributed by atoms with Crippen LogP contribution in [0.2, 0.25) is 0 Å². The largest absolute Gasteiger partial charge is 0.337 e. The number of nitrogens with two attached hydrogens (primary N) is 1. The summed E-state index contributed by atoms with van der Waals surface area (Å²) in [6, 6.07) is 0. The normalized spacial score (nSPS) is 11.1. The van der Waals surface area contributed by atoms with Crippen LogP contribution in [0.5, 0.6) is 0 Å². The molecule has 0 unspecified atom stereocenters. The lowest BCUT2D eigenvalue weighted by atomic mass is 10.4. The molecule has 6 nitrogen and oxygen atoms in total. The van der Waals surface area contributed by atoms with Crippen molar-refractivity contribution in [2.45, 2.75) is 44.6 Å². The summed E-state index contributed by atoms with van der Waals surface area (Å²) in [5.41, 5.74) is 5.67. The molecule has 7 heteroatoms. The van der Waals surface area contributed by atoms with Crippen LogP contribution in [0.4, 0.5) is 0 Å². The van der Waals surface area contributed by atoms with Gasteiger partial charge in [0.1, 0.15) is 5.82 Å². The SMILES string of the molecule is CCCn1c(CN)nnc1SCCCn1ccnc1. The molecule has 2 N–H and O–H groups in total. The second kappa shape index (κ2) is 7.30. The maximum Gasteiger partial charge on any atom is 0.191 e. The van der Waals surface area contributed by atoms with E-state index in [1.807, 2.05) is 12.5 Å². The minimum Gasteiger partial charge on any atom is -0.337 e. The van der Waals surface area contributed by atoms with Crippen LogP contribution in [0.15, 0.2) is 23.9 Å². The van der Waals surface area contributed by atoms with E-state index in [-0.39, 0.29) is 0 Å². The van der Waals surface area contributed by atoms with Gasteiger partial charge in [-0.3, -0.25) is 0 Å². The Balaban J connectivity index is 1.83. The summed E-state index contributed by atoms with van der Waals surface area (Å²) in [6.07, 6.45) is 7.78. The molecule has 0 bridgehead atoms. The summed E-state index contributed by atoms with van der Waals surface area (Å²) in [4.78, 5) is 4.03. The molecule has 2 heterocycles. The summed E-state index contributed by atoms with van der Waals surface area (Å²) in [6.45, 7) is 4.51. The van der Waals surface area contributed by atoms with Gasteiger partial charge in [-0.2, -0.15) is 0 Å². The van der Waals surface area contributed by atoms with Crippen molar-refractivity contribution in [2.75, 3.05) is 5.75 Å². The van der Waals surface area contributed by atoms with E-state index in [0.717, 1.165) is 42.7 Å². The summed E-state index contributed by atoms with van der Waals surface area (Å²) in [5, 5.41) is 9.33. The number of nitrogens with zero attached hydrogens (tertiary/aromatic N) is 5. The van der Waals surface area contributed by atoms with Gasteiger partial charge in [-0.1, -0.05) is 18.7 Å². The van der Waals surface area contributed by atoms with Gasteiger partial charge in [0.05, 0.1) is 12.9 Å². The second-order valence-corrected chi connectivity index (χ2v) is 5.32. The molecule has 0 saturated heterocycles. The smallest absolute Gasteiger partial charge is 0.191 e. The molecule has 104 valence electrons. The highest BCUT2D eigenvalue weighted by atomic mass is 32.2. The molecule has 0 aliphatic carbocycles. The molecule has 0 radical (unpaired) electrons. The first-order valence-corrected chi connectivity index (χ1v) is 7.54. The molecular formula is C12H20N6S. The van der Waals surface area contributed by atoms with Crippen LogP contribution < -0.4 is 5.73 Å². The first kappa shape index (κ1) is 14.1. The van der Waals surface area contributed by atoms with Crippen molar-refractivity contribution in [2.24, 2.45) is 5.73 Å². The van der Waals surface area contributed by atoms with Crippen molar-refractivity contribution < 1.29 is 0 Å². The van der Waals surface area contributed by atoms with E-state index in [1.165, 1.54) is 0 Å². The summed E-state index contributed by atoms with van der Waals surface area (Å²) in [5.74, 6) is 1.89. The monoisotopic (exact) mass is 280 g/mol. The molecule has 0 aliphatic rings. The molecular weight excluding hydrogens is 260 g/mol. The van der Waals surface area contributed by atoms with Crippen LogP contribution in [0.3, 0.4) is 0 Å². The Bertz CT molecular complexity index is 478. The average molecular weight is 280 g/mol. The standard InChI is InChI=1S/C12H20N6S/c1-2-5-18-11(9-13)15-16-12(18)19-8-3-6-17-7-4-14-10-17/h4,7,10H,2-3,5-6,8-9,13H2,1H3. The fourth-order valence-electron chi connectivity index (χ4n) is 1.85. The highest BCUT2D eigenvalue weighted by Gasteiger charge is 2.10. The number of aryl methyl sites for hydroxylation is 1. The quantitative estimate of drug-likeness (QED) is 0.586. The zero-order chi connectivity index (χ0) is 13.5. The van der Waals surface area contributed by atoms with Gasteiger partial charge >= 0.3 is 0 Å². The first-order valence-electron chi connectivity index (χ1n) is 6.55. The van der Waals surface area contributed by atoms with Crippen molar-refractivity contribution in [3.8, 4) is 0 Å². The van der Waals surface area contributed by atoms with Gasteiger partial charge < -0.3 is 14.9 Å². The third-order valence-corrected chi connectivity index (χ3v) is 3.83. The molecule has 0 spiro atoms. The van der Waals surface area contributed by atoms with E-state index in [4.69, 9.17) is 5.73 Å². The lowest BCUT2D eigenvalue weighted by Gasteiger charge is -2.07. The number of hydrogen-bond donors (Lipinski definition) is 1. The predicted octanol–water partition coefficient (Wildman–Crippen LogP) is 1.53. The van der Waals surface area contributed by atoms with Gasteiger partial charge in [0.25, 0.3) is 0 Å². The minimum atomic E-state index is 0.447. The lowest BCUT2D eigenvalue weighted by molar-refractivity contribution is 0.591. The van der Waals surface area contributed by atoms with Gasteiger partial charge in [-0.15, -0.1) is 10.2 Å². The van der Waals surface area contributed by atoms with Gasteiger partial charge in [0, 0.05) is 31.2 Å². The fraction of sp³-hybridized carbons (Fsp3) is 0.583. The van der Waals surface area contributed by atoms with E-state index < -0.39 is 0 Å². The predicted molar refractivity (Wildman–Crippen MR) is 75.8 cm³/mol. The van der Waals surface area contributed by atoms with Gasteiger partial charge in [-0.05, 0) is 12.8 Å². The van der Waals surface area contributed by atoms with Crippen LogP contribution in [0.25, 0.3) is 0 Å². The molecule has 0 atom stereocenters. The van der Waals surface area contributed by atoms with Crippen molar-refractivity contribution in [3.05, 3.63) is 24.5 Å². The number of rotatable bonds is 8. The second-order valence-electron chi connectivity index (χ2n) is 4.26. The van der Waals surface area contributed by atoms with E-state index in [1.54, 1.807) is 18.0 Å². The Morgan fingerprint density at radius 1 is 1.32 bits per heavy atom. The summed E-state index contributed by atoms with van der Waals surface area (Å²) in [7, 11) is 0. The number of aromatic nitrogens is 5. The lowest BCUT2D eigenvalue weighted by Crippen LogP contribution is -2.09. The fourth-order valence-corrected chi connectivity index (χ4v) is 2.76. The maximum absolute atomic E-state index is 5.67. The molecule has 2 aromatic rings. The highest BCUT2D eigenvalue weighted by Crippen LogP contribution is 2.18. The zero-order valence-corrected chi connectivity index (χ0v) is 12.0. The van der Waals surface area contributed by atoms with Crippen molar-refractivity contribution in [1.82, 2.24) is 24.3 Å². The van der Waals surface area contributed by atoms with Crippen molar-refractivity contribution in [1.29, 1.82) is 0 Å². The number of imidazole rings is 1. The van der Waals surface area contributed by atoms with Crippen molar-refractivity contribution >= 4 is 11.8 Å². The molecule has 0 amide bonds. The summed E-state index contributed by atoms with van der Waals surface area (Å²) >= 11 is 1.75. The molecule has 0 saturated carbocycles. The Labute approximate surface area is 117 Å². The van der Waals surface area contributed by atoms with E-state index >= 15 is 0 Å². The third kappa shape index (κ3) is 3.81. The van der Waals surface area contributed by atoms with Crippen LogP contribution in [-0.4, -0.2) is 30.1 Å². The highest BCUT2D eigenvalue weighted by molar-refractivity contribution is 7.99. The Morgan fingerprint density at radius 2 is 2.21 bits per heavy atom. The zero-order valence-electron chi connectivity index (χ0n) is 11.2. The average Bonchev–Trinajstić information content (AvgIpc) is 3.05. The maximum atomic E-state index is 5.67. The van der Waals surface area contributed by atoms with E-state index in [9.17, 15) is 0 Å². The van der Waals surface area contributed by atoms with Crippen LogP contribution in [0, 0.1) is 0 Å². The Kier molecular flexibility index (Phi) is 5.41. The number of thioether (sulfide) groups is 1. The van der Waals surface area contributed by atoms with Gasteiger partial charge in [0.2, 0.25) is 0 Å². The molecule has 0 aromatic carbocycles. The molecule has 0 fully saturated rings. The molecule has 0 aliphatic heterocycles.